The predicted octanol–water partition coefficient (Wildman–Crippen LogP) is 1.36. The zero-order chi connectivity index (χ0) is 14.2. The highest BCUT2D eigenvalue weighted by molar-refractivity contribution is 5.56. The van der Waals surface area contributed by atoms with Crippen LogP contribution in [0.1, 0.15) is 18.4 Å². The van der Waals surface area contributed by atoms with Gasteiger partial charge >= 0.3 is 0 Å². The summed E-state index contributed by atoms with van der Waals surface area (Å²) in [5.41, 5.74) is 2.12. The quantitative estimate of drug-likeness (QED) is 0.871. The van der Waals surface area contributed by atoms with Crippen LogP contribution in [0.25, 0.3) is 11.4 Å². The molecule has 2 atom stereocenters. The molecule has 0 amide bonds. The lowest BCUT2D eigenvalue weighted by Crippen LogP contribution is -2.40. The molecule has 0 radical (unpaired) electrons. The van der Waals surface area contributed by atoms with Gasteiger partial charge in [0.05, 0.1) is 0 Å². The number of rotatable bonds is 2. The lowest BCUT2D eigenvalue weighted by molar-refractivity contribution is 0.340. The minimum atomic E-state index is 0.598. The van der Waals surface area contributed by atoms with Crippen LogP contribution < -0.4 is 10.2 Å². The summed E-state index contributed by atoms with van der Waals surface area (Å²) < 4.78 is 0. The fraction of sp³-hybridized carbons (Fsp3) is 0.533. The van der Waals surface area contributed by atoms with Crippen LogP contribution in [0.4, 0.5) is 5.95 Å². The first-order chi connectivity index (χ1) is 10.3. The fourth-order valence-electron chi connectivity index (χ4n) is 3.42. The van der Waals surface area contributed by atoms with Gasteiger partial charge < -0.3 is 10.2 Å². The van der Waals surface area contributed by atoms with Crippen LogP contribution in [0.3, 0.4) is 0 Å². The fourth-order valence-corrected chi connectivity index (χ4v) is 3.42. The van der Waals surface area contributed by atoms with Gasteiger partial charge in [-0.3, -0.25) is 10.1 Å². The smallest absolute Gasteiger partial charge is 0.245 e. The van der Waals surface area contributed by atoms with Gasteiger partial charge in [-0.25, -0.2) is 0 Å². The van der Waals surface area contributed by atoms with E-state index in [0.29, 0.717) is 6.04 Å². The van der Waals surface area contributed by atoms with Crippen molar-refractivity contribution in [3.8, 4) is 11.4 Å². The van der Waals surface area contributed by atoms with Gasteiger partial charge in [0.2, 0.25) is 5.95 Å². The van der Waals surface area contributed by atoms with E-state index in [0.717, 1.165) is 48.5 Å². The molecular formula is C15H20N6. The first-order valence-corrected chi connectivity index (χ1v) is 7.62. The molecule has 2 aliphatic heterocycles. The summed E-state index contributed by atoms with van der Waals surface area (Å²) in [5.74, 6) is 2.34. The Balaban J connectivity index is 1.55. The van der Waals surface area contributed by atoms with Crippen LogP contribution >= 0.6 is 0 Å². The number of aromatic amines is 1. The Morgan fingerprint density at radius 2 is 2.24 bits per heavy atom. The first-order valence-electron chi connectivity index (χ1n) is 7.62. The molecule has 110 valence electrons. The number of piperidine rings is 1. The normalized spacial score (nSPS) is 25.1. The molecule has 4 heterocycles. The van der Waals surface area contributed by atoms with Crippen molar-refractivity contribution in [3.63, 3.8) is 0 Å². The summed E-state index contributed by atoms with van der Waals surface area (Å²) in [6, 6.07) is 2.67. The zero-order valence-electron chi connectivity index (χ0n) is 12.2. The molecule has 0 aliphatic carbocycles. The van der Waals surface area contributed by atoms with E-state index in [1.807, 2.05) is 19.3 Å². The van der Waals surface area contributed by atoms with Crippen LogP contribution in [0, 0.1) is 12.8 Å². The highest BCUT2D eigenvalue weighted by atomic mass is 15.4. The van der Waals surface area contributed by atoms with Crippen molar-refractivity contribution >= 4 is 5.95 Å². The number of nitrogens with one attached hydrogen (secondary N) is 2. The third-order valence-electron chi connectivity index (χ3n) is 4.50. The number of aryl methyl sites for hydroxylation is 1. The molecule has 2 aliphatic rings. The van der Waals surface area contributed by atoms with E-state index in [9.17, 15) is 0 Å². The van der Waals surface area contributed by atoms with Gasteiger partial charge in [0.15, 0.2) is 5.82 Å². The SMILES string of the molecule is Cc1cncc(-c2nc(N3CC4CCCNC4C3)n[nH]2)c1. The van der Waals surface area contributed by atoms with Crippen molar-refractivity contribution in [1.82, 2.24) is 25.5 Å². The molecule has 0 saturated carbocycles. The third-order valence-corrected chi connectivity index (χ3v) is 4.50. The number of nitrogens with zero attached hydrogens (tertiary/aromatic N) is 4. The predicted molar refractivity (Wildman–Crippen MR) is 81.1 cm³/mol. The second-order valence-corrected chi connectivity index (χ2v) is 6.10. The number of pyridine rings is 1. The van der Waals surface area contributed by atoms with E-state index in [-0.39, 0.29) is 0 Å². The molecule has 2 aromatic rings. The van der Waals surface area contributed by atoms with Gasteiger partial charge in [-0.15, -0.1) is 5.10 Å². The number of hydrogen-bond donors (Lipinski definition) is 2. The maximum Gasteiger partial charge on any atom is 0.245 e. The van der Waals surface area contributed by atoms with Gasteiger partial charge in [0.25, 0.3) is 0 Å². The summed E-state index contributed by atoms with van der Waals surface area (Å²) >= 11 is 0. The van der Waals surface area contributed by atoms with Crippen molar-refractivity contribution in [1.29, 1.82) is 0 Å². The van der Waals surface area contributed by atoms with Crippen molar-refractivity contribution in [3.05, 3.63) is 24.0 Å². The molecule has 6 heteroatoms. The van der Waals surface area contributed by atoms with Crippen LogP contribution in [-0.2, 0) is 0 Å². The molecule has 0 bridgehead atoms. The zero-order valence-corrected chi connectivity index (χ0v) is 12.2. The second-order valence-electron chi connectivity index (χ2n) is 6.10. The lowest BCUT2D eigenvalue weighted by Gasteiger charge is -2.24. The van der Waals surface area contributed by atoms with Crippen LogP contribution in [-0.4, -0.2) is 45.8 Å². The van der Waals surface area contributed by atoms with Crippen molar-refractivity contribution in [2.24, 2.45) is 5.92 Å². The second kappa shape index (κ2) is 5.11. The number of hydrogen-bond acceptors (Lipinski definition) is 5. The summed E-state index contributed by atoms with van der Waals surface area (Å²) in [5, 5.41) is 11.0. The number of aromatic nitrogens is 4. The van der Waals surface area contributed by atoms with E-state index in [4.69, 9.17) is 0 Å². The highest BCUT2D eigenvalue weighted by Gasteiger charge is 2.35. The molecule has 21 heavy (non-hydrogen) atoms. The molecule has 0 aromatic carbocycles. The Morgan fingerprint density at radius 3 is 3.10 bits per heavy atom. The van der Waals surface area contributed by atoms with Crippen LogP contribution in [0.15, 0.2) is 18.5 Å². The van der Waals surface area contributed by atoms with Gasteiger partial charge in [-0.05, 0) is 43.9 Å². The average molecular weight is 284 g/mol. The number of anilines is 1. The van der Waals surface area contributed by atoms with E-state index in [2.05, 4.69) is 36.4 Å². The number of H-pyrrole nitrogens is 1. The topological polar surface area (TPSA) is 69.7 Å². The van der Waals surface area contributed by atoms with Gasteiger partial charge in [0, 0.05) is 37.1 Å². The minimum absolute atomic E-state index is 0.598. The Morgan fingerprint density at radius 1 is 1.29 bits per heavy atom. The molecule has 2 fully saturated rings. The van der Waals surface area contributed by atoms with Crippen LogP contribution in [0.5, 0.6) is 0 Å². The maximum absolute atomic E-state index is 4.65. The Labute approximate surface area is 124 Å². The van der Waals surface area contributed by atoms with Crippen LogP contribution in [0.2, 0.25) is 0 Å². The summed E-state index contributed by atoms with van der Waals surface area (Å²) in [4.78, 5) is 11.2. The van der Waals surface area contributed by atoms with E-state index in [1.54, 1.807) is 0 Å². The van der Waals surface area contributed by atoms with Crippen molar-refractivity contribution < 1.29 is 0 Å². The van der Waals surface area contributed by atoms with Gasteiger partial charge in [0.1, 0.15) is 0 Å². The largest absolute Gasteiger partial charge is 0.338 e. The molecule has 6 nitrogen and oxygen atoms in total. The number of fused-ring (bicyclic) bond motifs is 1. The van der Waals surface area contributed by atoms with Gasteiger partial charge in [-0.1, -0.05) is 0 Å². The summed E-state index contributed by atoms with van der Waals surface area (Å²) in [6.07, 6.45) is 6.26. The van der Waals surface area contributed by atoms with E-state index in [1.165, 1.54) is 12.8 Å². The molecule has 2 unspecified atom stereocenters. The average Bonchev–Trinajstić information content (AvgIpc) is 3.14. The Bertz CT molecular complexity index is 623. The first kappa shape index (κ1) is 12.8. The molecule has 2 N–H and O–H groups in total. The molecule has 0 spiro atoms. The minimum Gasteiger partial charge on any atom is -0.338 e. The Kier molecular flexibility index (Phi) is 3.11. The standard InChI is InChI=1S/C15H20N6/c1-10-5-12(7-16-6-10)14-18-15(20-19-14)21-8-11-3-2-4-17-13(11)9-21/h5-7,11,13,17H,2-4,8-9H2,1H3,(H,18,19,20). The van der Waals surface area contributed by atoms with E-state index < -0.39 is 0 Å². The lowest BCUT2D eigenvalue weighted by atomic mass is 9.94. The van der Waals surface area contributed by atoms with Crippen molar-refractivity contribution in [2.75, 3.05) is 24.5 Å². The molecule has 2 saturated heterocycles. The third kappa shape index (κ3) is 2.40. The van der Waals surface area contributed by atoms with E-state index >= 15 is 0 Å². The van der Waals surface area contributed by atoms with Crippen molar-refractivity contribution in [2.45, 2.75) is 25.8 Å². The highest BCUT2D eigenvalue weighted by Crippen LogP contribution is 2.28. The maximum atomic E-state index is 4.65. The molecular weight excluding hydrogens is 264 g/mol. The Hall–Kier alpha value is -1.95. The van der Waals surface area contributed by atoms with Gasteiger partial charge in [-0.2, -0.15) is 4.98 Å². The summed E-state index contributed by atoms with van der Waals surface area (Å²) in [6.45, 7) is 5.24. The summed E-state index contributed by atoms with van der Waals surface area (Å²) in [7, 11) is 0. The molecule has 2 aromatic heterocycles. The molecule has 4 rings (SSSR count). The monoisotopic (exact) mass is 284 g/mol.